The molecular formula is C8H15NO2. The number of hydrogen-bond donors (Lipinski definition) is 1. The molecule has 0 aromatic rings. The van der Waals surface area contributed by atoms with E-state index in [2.05, 4.69) is 4.90 Å². The Balaban J connectivity index is 0.000000114. The van der Waals surface area contributed by atoms with Crippen molar-refractivity contribution in [3.8, 4) is 0 Å². The molecule has 0 bridgehead atoms. The fourth-order valence-electron chi connectivity index (χ4n) is 1.24. The van der Waals surface area contributed by atoms with E-state index in [-0.39, 0.29) is 6.42 Å². The van der Waals surface area contributed by atoms with Crippen molar-refractivity contribution < 1.29 is 9.90 Å². The van der Waals surface area contributed by atoms with Gasteiger partial charge < -0.3 is 10.0 Å². The maximum Gasteiger partial charge on any atom is 0.303 e. The van der Waals surface area contributed by atoms with Crippen molar-refractivity contribution >= 4 is 5.97 Å². The molecule has 2 saturated heterocycles. The summed E-state index contributed by atoms with van der Waals surface area (Å²) in [5.41, 5.74) is 0. The number of carbonyl (C=O) groups is 1. The minimum absolute atomic E-state index is 0.222. The number of carboxylic acids is 1. The summed E-state index contributed by atoms with van der Waals surface area (Å²) in [5, 5.41) is 7.72. The Morgan fingerprint density at radius 2 is 1.91 bits per heavy atom. The Kier molecular flexibility index (Phi) is 2.88. The lowest BCUT2D eigenvalue weighted by Gasteiger charge is -2.50. The van der Waals surface area contributed by atoms with Gasteiger partial charge in [0.05, 0.1) is 0 Å². The van der Waals surface area contributed by atoms with Gasteiger partial charge in [-0.1, -0.05) is 6.92 Å². The molecule has 64 valence electrons. The van der Waals surface area contributed by atoms with Gasteiger partial charge in [0.1, 0.15) is 0 Å². The molecule has 0 aromatic carbocycles. The van der Waals surface area contributed by atoms with E-state index in [0.717, 1.165) is 6.04 Å². The first kappa shape index (κ1) is 8.53. The first-order valence-electron chi connectivity index (χ1n) is 4.20. The third kappa shape index (κ3) is 2.19. The Bertz CT molecular complexity index is 129. The minimum Gasteiger partial charge on any atom is -0.481 e. The molecular weight excluding hydrogens is 142 g/mol. The second-order valence-electron chi connectivity index (χ2n) is 3.01. The van der Waals surface area contributed by atoms with E-state index in [1.807, 2.05) is 0 Å². The van der Waals surface area contributed by atoms with Crippen molar-refractivity contribution in [2.45, 2.75) is 32.2 Å². The fraction of sp³-hybridized carbons (Fsp3) is 0.875. The zero-order valence-electron chi connectivity index (χ0n) is 6.92. The lowest BCUT2D eigenvalue weighted by Crippen LogP contribution is -2.57. The third-order valence-electron chi connectivity index (χ3n) is 2.32. The number of nitrogens with zero attached hydrogens (tertiary/aromatic N) is 1. The lowest BCUT2D eigenvalue weighted by molar-refractivity contribution is -0.136. The predicted molar refractivity (Wildman–Crippen MR) is 42.5 cm³/mol. The van der Waals surface area contributed by atoms with Gasteiger partial charge in [0.2, 0.25) is 0 Å². The minimum atomic E-state index is -0.745. The zero-order valence-corrected chi connectivity index (χ0v) is 6.92. The number of rotatable bonds is 1. The van der Waals surface area contributed by atoms with Crippen LogP contribution in [0.15, 0.2) is 0 Å². The second-order valence-corrected chi connectivity index (χ2v) is 3.01. The van der Waals surface area contributed by atoms with Crippen molar-refractivity contribution in [2.75, 3.05) is 13.1 Å². The molecule has 0 aliphatic carbocycles. The smallest absolute Gasteiger partial charge is 0.303 e. The van der Waals surface area contributed by atoms with Crippen molar-refractivity contribution in [2.24, 2.45) is 0 Å². The maximum atomic E-state index is 9.37. The quantitative estimate of drug-likeness (QED) is 0.616. The van der Waals surface area contributed by atoms with E-state index in [4.69, 9.17) is 5.11 Å². The summed E-state index contributed by atoms with van der Waals surface area (Å²) < 4.78 is 0. The van der Waals surface area contributed by atoms with Gasteiger partial charge in [0.25, 0.3) is 0 Å². The monoisotopic (exact) mass is 157 g/mol. The number of piperidine rings is 1. The number of fused-ring (bicyclic) bond motifs is 1. The second kappa shape index (κ2) is 3.72. The standard InChI is InChI=1S/C5H9N.C3H6O2/c1-3-6-4-2-5(1)6;1-2-3(4)5/h5H,1-4H2;2H2,1H3,(H,4,5). The Hall–Kier alpha value is -0.570. The summed E-state index contributed by atoms with van der Waals surface area (Å²) in [4.78, 5) is 11.9. The molecule has 2 rings (SSSR count). The van der Waals surface area contributed by atoms with Crippen LogP contribution in [0.5, 0.6) is 0 Å². The van der Waals surface area contributed by atoms with Crippen LogP contribution in [0.2, 0.25) is 0 Å². The van der Waals surface area contributed by atoms with Gasteiger partial charge >= 0.3 is 5.97 Å². The van der Waals surface area contributed by atoms with Gasteiger partial charge in [0.15, 0.2) is 0 Å². The highest BCUT2D eigenvalue weighted by Gasteiger charge is 2.34. The summed E-state index contributed by atoms with van der Waals surface area (Å²) in [6.07, 6.45) is 3.19. The van der Waals surface area contributed by atoms with Crippen LogP contribution in [-0.2, 0) is 4.79 Å². The maximum absolute atomic E-state index is 9.37. The Morgan fingerprint density at radius 3 is 1.91 bits per heavy atom. The van der Waals surface area contributed by atoms with E-state index in [1.54, 1.807) is 6.92 Å². The Morgan fingerprint density at radius 1 is 1.55 bits per heavy atom. The molecule has 11 heavy (non-hydrogen) atoms. The molecule has 2 fully saturated rings. The Labute approximate surface area is 67.0 Å². The molecule has 0 radical (unpaired) electrons. The van der Waals surface area contributed by atoms with Crippen LogP contribution in [-0.4, -0.2) is 35.1 Å². The molecule has 0 unspecified atom stereocenters. The normalized spacial score (nSPS) is 21.9. The molecule has 0 spiro atoms. The van der Waals surface area contributed by atoms with E-state index in [9.17, 15) is 4.79 Å². The van der Waals surface area contributed by atoms with E-state index in [1.165, 1.54) is 25.9 Å². The van der Waals surface area contributed by atoms with Crippen LogP contribution >= 0.6 is 0 Å². The largest absolute Gasteiger partial charge is 0.481 e. The SMILES string of the molecule is C1CN2CCC12.CCC(=O)O. The molecule has 3 heteroatoms. The number of hydrogen-bond acceptors (Lipinski definition) is 2. The summed E-state index contributed by atoms with van der Waals surface area (Å²) in [7, 11) is 0. The topological polar surface area (TPSA) is 40.5 Å². The summed E-state index contributed by atoms with van der Waals surface area (Å²) in [5.74, 6) is -0.745. The first-order chi connectivity index (χ1) is 5.24. The van der Waals surface area contributed by atoms with Crippen LogP contribution in [0.1, 0.15) is 26.2 Å². The fourth-order valence-corrected chi connectivity index (χ4v) is 1.24. The van der Waals surface area contributed by atoms with Crippen molar-refractivity contribution in [3.05, 3.63) is 0 Å². The molecule has 1 N–H and O–H groups in total. The molecule has 3 nitrogen and oxygen atoms in total. The molecule has 2 heterocycles. The highest BCUT2D eigenvalue weighted by Crippen LogP contribution is 2.28. The molecule has 0 amide bonds. The zero-order chi connectivity index (χ0) is 8.27. The van der Waals surface area contributed by atoms with Crippen molar-refractivity contribution in [1.82, 2.24) is 4.90 Å². The highest BCUT2D eigenvalue weighted by atomic mass is 16.4. The van der Waals surface area contributed by atoms with Gasteiger partial charge in [-0.2, -0.15) is 0 Å². The van der Waals surface area contributed by atoms with Crippen LogP contribution in [0.4, 0.5) is 0 Å². The highest BCUT2D eigenvalue weighted by molar-refractivity contribution is 5.66. The van der Waals surface area contributed by atoms with Crippen LogP contribution in [0, 0.1) is 0 Å². The van der Waals surface area contributed by atoms with Crippen molar-refractivity contribution in [1.29, 1.82) is 0 Å². The molecule has 2 aliphatic rings. The van der Waals surface area contributed by atoms with Crippen LogP contribution < -0.4 is 0 Å². The van der Waals surface area contributed by atoms with E-state index >= 15 is 0 Å². The molecule has 0 aromatic heterocycles. The number of carboxylic acid groups (broad SMARTS) is 1. The van der Waals surface area contributed by atoms with Gasteiger partial charge in [-0.15, -0.1) is 0 Å². The summed E-state index contributed by atoms with van der Waals surface area (Å²) >= 11 is 0. The molecule has 2 aliphatic heterocycles. The number of aliphatic carboxylic acids is 1. The summed E-state index contributed by atoms with van der Waals surface area (Å²) in [6, 6.07) is 1.05. The average Bonchev–Trinajstić information content (AvgIpc) is 1.98. The van der Waals surface area contributed by atoms with E-state index < -0.39 is 5.97 Å². The summed E-state index contributed by atoms with van der Waals surface area (Å²) in [6.45, 7) is 4.39. The average molecular weight is 157 g/mol. The van der Waals surface area contributed by atoms with Gasteiger partial charge in [0, 0.05) is 12.5 Å². The van der Waals surface area contributed by atoms with Crippen LogP contribution in [0.25, 0.3) is 0 Å². The predicted octanol–water partition coefficient (Wildman–Crippen LogP) is 0.945. The first-order valence-corrected chi connectivity index (χ1v) is 4.20. The van der Waals surface area contributed by atoms with Gasteiger partial charge in [-0.3, -0.25) is 4.79 Å². The molecule has 0 saturated carbocycles. The van der Waals surface area contributed by atoms with Gasteiger partial charge in [-0.05, 0) is 25.9 Å². The van der Waals surface area contributed by atoms with Gasteiger partial charge in [-0.25, -0.2) is 0 Å². The lowest BCUT2D eigenvalue weighted by atomic mass is 9.91. The van der Waals surface area contributed by atoms with Crippen molar-refractivity contribution in [3.63, 3.8) is 0 Å². The van der Waals surface area contributed by atoms with E-state index in [0.29, 0.717) is 0 Å². The molecule has 0 atom stereocenters. The van der Waals surface area contributed by atoms with Crippen LogP contribution in [0.3, 0.4) is 0 Å². The third-order valence-corrected chi connectivity index (χ3v) is 2.32.